The quantitative estimate of drug-likeness (QED) is 0.437. The summed E-state index contributed by atoms with van der Waals surface area (Å²) in [6.45, 7) is 0. The van der Waals surface area contributed by atoms with Crippen molar-refractivity contribution in [1.82, 2.24) is 6.15 Å². The molecule has 3 N–H and O–H groups in total. The lowest BCUT2D eigenvalue weighted by Gasteiger charge is -1.54. The molecule has 1 heterocycles. The first-order valence-electron chi connectivity index (χ1n) is 1.82. The van der Waals surface area contributed by atoms with E-state index < -0.39 is 0 Å². The fraction of sp³-hybridized carbons (Fsp3) is 0. The predicted molar refractivity (Wildman–Crippen MR) is 31.8 cm³/mol. The minimum absolute atomic E-state index is 0. The van der Waals surface area contributed by atoms with Crippen molar-refractivity contribution in [2.75, 3.05) is 0 Å². The van der Waals surface area contributed by atoms with Crippen LogP contribution in [0.25, 0.3) is 0 Å². The summed E-state index contributed by atoms with van der Waals surface area (Å²) < 4.78 is 0. The van der Waals surface area contributed by atoms with Crippen LogP contribution in [0, 0.1) is 0 Å². The second-order valence-electron chi connectivity index (χ2n) is 1.09. The molecule has 0 aliphatic carbocycles. The molecule has 0 aromatic heterocycles. The fourth-order valence-electron chi connectivity index (χ4n) is 0.393. The Kier molecular flexibility index (Phi) is 2.71. The third-order valence-corrected chi connectivity index (χ3v) is 1.74. The Morgan fingerprint density at radius 3 is 1.67 bits per heavy atom. The smallest absolute Gasteiger partial charge is 0.0691 e. The van der Waals surface area contributed by atoms with Crippen molar-refractivity contribution in [1.29, 1.82) is 0 Å². The maximum Gasteiger partial charge on any atom is 0.0691 e. The van der Waals surface area contributed by atoms with Gasteiger partial charge in [0.05, 0.1) is 9.52 Å². The summed E-state index contributed by atoms with van der Waals surface area (Å²) in [5, 5.41) is 0. The summed E-state index contributed by atoms with van der Waals surface area (Å²) in [4.78, 5) is 0. The lowest BCUT2D eigenvalue weighted by Crippen LogP contribution is -1.63. The number of hydrogen-bond acceptors (Lipinski definition) is 1. The molecule has 0 radical (unpaired) electrons. The molecule has 6 heavy (non-hydrogen) atoms. The highest BCUT2D eigenvalue weighted by Crippen LogP contribution is 1.82. The molecular formula is C4H9NSi. The van der Waals surface area contributed by atoms with Gasteiger partial charge in [-0.3, -0.25) is 0 Å². The first-order valence-corrected chi connectivity index (χ1v) is 3.45. The predicted octanol–water partition coefficient (Wildman–Crippen LogP) is 0.358. The molecule has 1 aliphatic rings. The largest absolute Gasteiger partial charge is 0.344 e. The highest BCUT2D eigenvalue weighted by atomic mass is 28.2. The van der Waals surface area contributed by atoms with Gasteiger partial charge in [-0.05, 0) is 0 Å². The van der Waals surface area contributed by atoms with E-state index in [0.717, 1.165) is 0 Å². The van der Waals surface area contributed by atoms with E-state index in [1.54, 1.807) is 0 Å². The maximum absolute atomic E-state index is 2.26. The minimum atomic E-state index is 0. The van der Waals surface area contributed by atoms with Crippen LogP contribution in [0.4, 0.5) is 0 Å². The van der Waals surface area contributed by atoms with E-state index in [2.05, 4.69) is 23.6 Å². The SMILES string of the molecule is C1=C[SiH2]C=C1.N. The van der Waals surface area contributed by atoms with Crippen LogP contribution in [0.1, 0.15) is 0 Å². The standard InChI is InChI=1S/C4H6Si.H3N/c1-2-4-5-3-1;/h1-4H,5H2;1H3. The highest BCUT2D eigenvalue weighted by Gasteiger charge is 1.73. The van der Waals surface area contributed by atoms with Gasteiger partial charge in [0.15, 0.2) is 0 Å². The molecule has 1 nitrogen and oxygen atoms in total. The molecule has 34 valence electrons. The van der Waals surface area contributed by atoms with Crippen molar-refractivity contribution in [3.8, 4) is 0 Å². The maximum atomic E-state index is 2.26. The van der Waals surface area contributed by atoms with Crippen molar-refractivity contribution in [2.24, 2.45) is 0 Å². The van der Waals surface area contributed by atoms with E-state index in [0.29, 0.717) is 0 Å². The molecule has 0 amide bonds. The number of allylic oxidation sites excluding steroid dienone is 2. The van der Waals surface area contributed by atoms with E-state index in [4.69, 9.17) is 0 Å². The molecule has 0 aromatic carbocycles. The van der Waals surface area contributed by atoms with E-state index in [-0.39, 0.29) is 15.7 Å². The van der Waals surface area contributed by atoms with Crippen LogP contribution in [0.2, 0.25) is 0 Å². The zero-order valence-electron chi connectivity index (χ0n) is 3.72. The van der Waals surface area contributed by atoms with Crippen LogP contribution >= 0.6 is 0 Å². The van der Waals surface area contributed by atoms with Crippen molar-refractivity contribution >= 4 is 9.52 Å². The first-order chi connectivity index (χ1) is 2.50. The van der Waals surface area contributed by atoms with Crippen LogP contribution < -0.4 is 6.15 Å². The lowest BCUT2D eigenvalue weighted by atomic mass is 10.6. The summed E-state index contributed by atoms with van der Waals surface area (Å²) in [7, 11) is 0.182. The van der Waals surface area contributed by atoms with E-state index >= 15 is 0 Å². The van der Waals surface area contributed by atoms with Crippen molar-refractivity contribution in [2.45, 2.75) is 0 Å². The van der Waals surface area contributed by atoms with Gasteiger partial charge in [-0.15, -0.1) is 0 Å². The third kappa shape index (κ3) is 1.19. The molecule has 0 saturated heterocycles. The molecule has 0 saturated carbocycles. The van der Waals surface area contributed by atoms with Gasteiger partial charge in [0.2, 0.25) is 0 Å². The normalized spacial score (nSPS) is 14.7. The van der Waals surface area contributed by atoms with Gasteiger partial charge in [0.1, 0.15) is 0 Å². The van der Waals surface area contributed by atoms with Crippen molar-refractivity contribution in [3.05, 3.63) is 23.6 Å². The molecule has 0 spiro atoms. The zero-order valence-corrected chi connectivity index (χ0v) is 5.14. The summed E-state index contributed by atoms with van der Waals surface area (Å²) in [5.74, 6) is 0. The van der Waals surface area contributed by atoms with Gasteiger partial charge in [-0.1, -0.05) is 23.6 Å². The van der Waals surface area contributed by atoms with Gasteiger partial charge in [-0.2, -0.15) is 0 Å². The molecule has 0 atom stereocenters. The monoisotopic (exact) mass is 99.1 g/mol. The van der Waals surface area contributed by atoms with Crippen LogP contribution in [-0.2, 0) is 0 Å². The number of rotatable bonds is 0. The second kappa shape index (κ2) is 2.87. The fourth-order valence-corrected chi connectivity index (χ4v) is 1.18. The minimum Gasteiger partial charge on any atom is -0.344 e. The molecular weight excluding hydrogens is 90.1 g/mol. The van der Waals surface area contributed by atoms with Crippen molar-refractivity contribution in [3.63, 3.8) is 0 Å². The van der Waals surface area contributed by atoms with Gasteiger partial charge in [0, 0.05) is 0 Å². The summed E-state index contributed by atoms with van der Waals surface area (Å²) in [6.07, 6.45) is 4.23. The van der Waals surface area contributed by atoms with Crippen LogP contribution in [0.15, 0.2) is 23.6 Å². The second-order valence-corrected chi connectivity index (χ2v) is 2.51. The Morgan fingerprint density at radius 1 is 1.00 bits per heavy atom. The molecule has 0 unspecified atom stereocenters. The topological polar surface area (TPSA) is 35.0 Å². The third-order valence-electron chi connectivity index (χ3n) is 0.655. The first kappa shape index (κ1) is 5.66. The van der Waals surface area contributed by atoms with Crippen LogP contribution in [0.5, 0.6) is 0 Å². The lowest BCUT2D eigenvalue weighted by molar-refractivity contribution is 2.13. The summed E-state index contributed by atoms with van der Waals surface area (Å²) in [6, 6.07) is 0. The van der Waals surface area contributed by atoms with Crippen LogP contribution in [0.3, 0.4) is 0 Å². The van der Waals surface area contributed by atoms with Crippen molar-refractivity contribution < 1.29 is 0 Å². The Balaban J connectivity index is 0.000000250. The molecule has 0 aromatic rings. The van der Waals surface area contributed by atoms with Gasteiger partial charge in [0.25, 0.3) is 0 Å². The number of hydrogen-bond donors (Lipinski definition) is 1. The Hall–Kier alpha value is -0.343. The summed E-state index contributed by atoms with van der Waals surface area (Å²) >= 11 is 0. The molecule has 0 fully saturated rings. The summed E-state index contributed by atoms with van der Waals surface area (Å²) in [5.41, 5.74) is 4.53. The van der Waals surface area contributed by atoms with Gasteiger partial charge in [-0.25, -0.2) is 0 Å². The van der Waals surface area contributed by atoms with E-state index in [1.807, 2.05) is 0 Å². The van der Waals surface area contributed by atoms with Crippen LogP contribution in [-0.4, -0.2) is 9.52 Å². The molecule has 1 aliphatic heterocycles. The Bertz CT molecular complexity index is 65.6. The Labute approximate surface area is 40.2 Å². The Morgan fingerprint density at radius 2 is 1.50 bits per heavy atom. The van der Waals surface area contributed by atoms with Gasteiger partial charge < -0.3 is 6.15 Å². The van der Waals surface area contributed by atoms with E-state index in [1.165, 1.54) is 0 Å². The molecule has 1 rings (SSSR count). The molecule has 0 bridgehead atoms. The molecule has 2 heteroatoms. The average molecular weight is 99.2 g/mol. The van der Waals surface area contributed by atoms with Gasteiger partial charge >= 0.3 is 0 Å². The average Bonchev–Trinajstić information content (AvgIpc) is 1.76. The zero-order chi connectivity index (χ0) is 3.54. The van der Waals surface area contributed by atoms with E-state index in [9.17, 15) is 0 Å². The highest BCUT2D eigenvalue weighted by molar-refractivity contribution is 6.49.